The molecule has 0 heterocycles. The molecule has 84 valence electrons. The Kier molecular flexibility index (Phi) is 3.28. The van der Waals surface area contributed by atoms with Crippen LogP contribution in [-0.4, -0.2) is 18.5 Å². The van der Waals surface area contributed by atoms with E-state index in [-0.39, 0.29) is 25.9 Å². The normalized spacial score (nSPS) is 28.4. The van der Waals surface area contributed by atoms with Gasteiger partial charge in [0.25, 0.3) is 5.92 Å². The molecule has 1 fully saturated rings. The van der Waals surface area contributed by atoms with Crippen molar-refractivity contribution in [2.45, 2.75) is 38.5 Å². The van der Waals surface area contributed by atoms with Crippen LogP contribution in [0, 0.1) is 16.7 Å². The molecule has 0 saturated heterocycles. The standard InChI is InChI=1S/C10H13F2NO2/c1-2-15-8(14)9(6-7-13)4-3-5-10(9,11)12/h2-6H2,1H3. The smallest absolute Gasteiger partial charge is 0.319 e. The van der Waals surface area contributed by atoms with Gasteiger partial charge in [-0.2, -0.15) is 5.26 Å². The van der Waals surface area contributed by atoms with Crippen LogP contribution in [0.2, 0.25) is 0 Å². The second-order valence-corrected chi connectivity index (χ2v) is 3.70. The lowest BCUT2D eigenvalue weighted by Gasteiger charge is -2.30. The van der Waals surface area contributed by atoms with E-state index >= 15 is 0 Å². The second kappa shape index (κ2) is 4.13. The molecule has 1 atom stereocenters. The molecule has 0 radical (unpaired) electrons. The van der Waals surface area contributed by atoms with Crippen molar-refractivity contribution in [2.24, 2.45) is 5.41 Å². The predicted octanol–water partition coefficient (Wildman–Crippen LogP) is 2.27. The minimum atomic E-state index is -3.12. The first-order valence-corrected chi connectivity index (χ1v) is 4.92. The average Bonchev–Trinajstić information content (AvgIpc) is 2.44. The van der Waals surface area contributed by atoms with E-state index in [1.54, 1.807) is 13.0 Å². The highest BCUT2D eigenvalue weighted by molar-refractivity contribution is 5.79. The Morgan fingerprint density at radius 2 is 2.20 bits per heavy atom. The molecule has 1 rings (SSSR count). The van der Waals surface area contributed by atoms with Gasteiger partial charge in [0.1, 0.15) is 5.41 Å². The van der Waals surface area contributed by atoms with Crippen molar-refractivity contribution in [3.05, 3.63) is 0 Å². The fraction of sp³-hybridized carbons (Fsp3) is 0.800. The van der Waals surface area contributed by atoms with E-state index in [1.165, 1.54) is 0 Å². The van der Waals surface area contributed by atoms with Gasteiger partial charge in [-0.15, -0.1) is 0 Å². The largest absolute Gasteiger partial charge is 0.465 e. The van der Waals surface area contributed by atoms with Gasteiger partial charge in [-0.25, -0.2) is 8.78 Å². The molecule has 0 aromatic rings. The number of halogens is 2. The van der Waals surface area contributed by atoms with Gasteiger partial charge in [0, 0.05) is 6.42 Å². The number of carbonyl (C=O) groups is 1. The van der Waals surface area contributed by atoms with E-state index in [1.807, 2.05) is 0 Å². The number of hydrogen-bond acceptors (Lipinski definition) is 3. The van der Waals surface area contributed by atoms with Crippen LogP contribution in [0.4, 0.5) is 8.78 Å². The molecule has 5 heteroatoms. The molecule has 1 saturated carbocycles. The highest BCUT2D eigenvalue weighted by atomic mass is 19.3. The number of ether oxygens (including phenoxy) is 1. The maximum absolute atomic E-state index is 13.6. The highest BCUT2D eigenvalue weighted by Gasteiger charge is 2.62. The Bertz CT molecular complexity index is 298. The van der Waals surface area contributed by atoms with E-state index in [9.17, 15) is 13.6 Å². The average molecular weight is 217 g/mol. The molecule has 0 N–H and O–H groups in total. The van der Waals surface area contributed by atoms with Crippen molar-refractivity contribution in [1.29, 1.82) is 5.26 Å². The second-order valence-electron chi connectivity index (χ2n) is 3.70. The predicted molar refractivity (Wildman–Crippen MR) is 48.1 cm³/mol. The third-order valence-electron chi connectivity index (χ3n) is 2.84. The number of hydrogen-bond donors (Lipinski definition) is 0. The molecular weight excluding hydrogens is 204 g/mol. The summed E-state index contributed by atoms with van der Waals surface area (Å²) in [5.74, 6) is -4.05. The quantitative estimate of drug-likeness (QED) is 0.681. The van der Waals surface area contributed by atoms with Crippen LogP contribution in [-0.2, 0) is 9.53 Å². The van der Waals surface area contributed by atoms with Crippen molar-refractivity contribution in [3.8, 4) is 6.07 Å². The van der Waals surface area contributed by atoms with Gasteiger partial charge in [-0.1, -0.05) is 0 Å². The molecule has 1 aliphatic rings. The Labute approximate surface area is 87.0 Å². The molecule has 0 aromatic carbocycles. The number of alkyl halides is 2. The zero-order chi connectivity index (χ0) is 11.5. The number of carbonyl (C=O) groups excluding carboxylic acids is 1. The topological polar surface area (TPSA) is 50.1 Å². The zero-order valence-electron chi connectivity index (χ0n) is 8.56. The molecule has 0 aromatic heterocycles. The summed E-state index contributed by atoms with van der Waals surface area (Å²) < 4.78 is 31.8. The molecule has 0 spiro atoms. The fourth-order valence-electron chi connectivity index (χ4n) is 1.98. The number of nitriles is 1. The van der Waals surface area contributed by atoms with Gasteiger partial charge in [-0.05, 0) is 19.8 Å². The monoisotopic (exact) mass is 217 g/mol. The number of nitrogens with zero attached hydrogens (tertiary/aromatic N) is 1. The Morgan fingerprint density at radius 3 is 2.60 bits per heavy atom. The molecule has 1 aliphatic carbocycles. The van der Waals surface area contributed by atoms with Crippen LogP contribution >= 0.6 is 0 Å². The van der Waals surface area contributed by atoms with Gasteiger partial charge in [-0.3, -0.25) is 4.79 Å². The van der Waals surface area contributed by atoms with Crippen LogP contribution in [0.3, 0.4) is 0 Å². The fourth-order valence-corrected chi connectivity index (χ4v) is 1.98. The van der Waals surface area contributed by atoms with E-state index in [0.29, 0.717) is 0 Å². The van der Waals surface area contributed by atoms with Gasteiger partial charge >= 0.3 is 5.97 Å². The first-order valence-electron chi connectivity index (χ1n) is 4.92. The summed E-state index contributed by atoms with van der Waals surface area (Å²) in [6.45, 7) is 1.62. The van der Waals surface area contributed by atoms with Crippen molar-refractivity contribution in [1.82, 2.24) is 0 Å². The Hall–Kier alpha value is -1.18. The van der Waals surface area contributed by atoms with Crippen LogP contribution in [0.5, 0.6) is 0 Å². The molecule has 0 aliphatic heterocycles. The Balaban J connectivity index is 2.98. The van der Waals surface area contributed by atoms with Crippen LogP contribution in [0.25, 0.3) is 0 Å². The minimum Gasteiger partial charge on any atom is -0.465 e. The summed E-state index contributed by atoms with van der Waals surface area (Å²) in [5, 5.41) is 8.55. The van der Waals surface area contributed by atoms with Gasteiger partial charge < -0.3 is 4.74 Å². The molecule has 1 unspecified atom stereocenters. The molecule has 15 heavy (non-hydrogen) atoms. The summed E-state index contributed by atoms with van der Waals surface area (Å²) in [7, 11) is 0. The SMILES string of the molecule is CCOC(=O)C1(CC#N)CCCC1(F)F. The van der Waals surface area contributed by atoms with Crippen LogP contribution in [0.15, 0.2) is 0 Å². The lowest BCUT2D eigenvalue weighted by molar-refractivity contribution is -0.177. The third-order valence-corrected chi connectivity index (χ3v) is 2.84. The summed E-state index contributed by atoms with van der Waals surface area (Å²) in [6.07, 6.45) is -0.522. The van der Waals surface area contributed by atoms with E-state index in [4.69, 9.17) is 5.26 Å². The lowest BCUT2D eigenvalue weighted by atomic mass is 9.80. The lowest BCUT2D eigenvalue weighted by Crippen LogP contribution is -2.44. The highest BCUT2D eigenvalue weighted by Crippen LogP contribution is 2.53. The van der Waals surface area contributed by atoms with Crippen molar-refractivity contribution in [3.63, 3.8) is 0 Å². The van der Waals surface area contributed by atoms with Crippen molar-refractivity contribution in [2.75, 3.05) is 6.61 Å². The van der Waals surface area contributed by atoms with Gasteiger partial charge in [0.05, 0.1) is 19.1 Å². The third kappa shape index (κ3) is 1.81. The Morgan fingerprint density at radius 1 is 1.53 bits per heavy atom. The number of esters is 1. The summed E-state index contributed by atoms with van der Waals surface area (Å²) in [5.41, 5.74) is -1.90. The molecule has 0 amide bonds. The first kappa shape index (κ1) is 11.9. The maximum atomic E-state index is 13.6. The van der Waals surface area contributed by atoms with Crippen molar-refractivity contribution < 1.29 is 18.3 Å². The van der Waals surface area contributed by atoms with Gasteiger partial charge in [0.15, 0.2) is 0 Å². The van der Waals surface area contributed by atoms with E-state index in [2.05, 4.69) is 4.74 Å². The van der Waals surface area contributed by atoms with Crippen molar-refractivity contribution >= 4 is 5.97 Å². The summed E-state index contributed by atoms with van der Waals surface area (Å²) >= 11 is 0. The molecule has 0 bridgehead atoms. The number of rotatable bonds is 3. The van der Waals surface area contributed by atoms with Crippen LogP contribution < -0.4 is 0 Å². The molecular formula is C10H13F2NO2. The van der Waals surface area contributed by atoms with E-state index < -0.39 is 23.7 Å². The minimum absolute atomic E-state index is 0.0341. The van der Waals surface area contributed by atoms with E-state index in [0.717, 1.165) is 0 Å². The summed E-state index contributed by atoms with van der Waals surface area (Å²) in [6, 6.07) is 1.66. The zero-order valence-corrected chi connectivity index (χ0v) is 8.56. The van der Waals surface area contributed by atoms with Gasteiger partial charge in [0.2, 0.25) is 0 Å². The summed E-state index contributed by atoms with van der Waals surface area (Å²) in [4.78, 5) is 11.5. The van der Waals surface area contributed by atoms with Crippen LogP contribution in [0.1, 0.15) is 32.6 Å². The maximum Gasteiger partial charge on any atom is 0.319 e. The first-order chi connectivity index (χ1) is 7.00. The molecule has 3 nitrogen and oxygen atoms in total.